The predicted molar refractivity (Wildman–Crippen MR) is 83.6 cm³/mol. The van der Waals surface area contributed by atoms with Gasteiger partial charge in [0.1, 0.15) is 5.73 Å². The third kappa shape index (κ3) is 5.60. The number of hydrogen-bond acceptors (Lipinski definition) is 5. The molecule has 0 saturated heterocycles. The summed E-state index contributed by atoms with van der Waals surface area (Å²) >= 11 is 0. The van der Waals surface area contributed by atoms with E-state index in [1.54, 1.807) is 21.3 Å². The number of rotatable bonds is 9. The van der Waals surface area contributed by atoms with E-state index in [9.17, 15) is 0 Å². The summed E-state index contributed by atoms with van der Waals surface area (Å²) in [6.07, 6.45) is 0. The first kappa shape index (κ1) is 19.2. The van der Waals surface area contributed by atoms with E-state index in [0.29, 0.717) is 0 Å². The second kappa shape index (κ2) is 7.27. The molecular weight excluding hydrogens is 296 g/mol. The van der Waals surface area contributed by atoms with E-state index in [2.05, 4.69) is 19.7 Å². The van der Waals surface area contributed by atoms with Crippen molar-refractivity contribution in [2.45, 2.75) is 38.8 Å². The van der Waals surface area contributed by atoms with E-state index in [1.165, 1.54) is 0 Å². The molecule has 0 aliphatic rings. The van der Waals surface area contributed by atoms with E-state index in [4.69, 9.17) is 21.8 Å². The normalized spacial score (nSPS) is 15.4. The molecule has 0 aromatic carbocycles. The molecule has 0 bridgehead atoms. The molecule has 0 heterocycles. The van der Waals surface area contributed by atoms with Crippen LogP contribution in [0, 0.1) is 0 Å². The van der Waals surface area contributed by atoms with Gasteiger partial charge in [0.15, 0.2) is 8.32 Å². The molecular formula is C11H28O5Si3. The van der Waals surface area contributed by atoms with Gasteiger partial charge in [-0.2, -0.15) is 0 Å². The van der Waals surface area contributed by atoms with E-state index in [0.717, 1.165) is 0 Å². The summed E-state index contributed by atoms with van der Waals surface area (Å²) < 4.78 is 28.6. The Kier molecular flexibility index (Phi) is 7.34. The van der Waals surface area contributed by atoms with Gasteiger partial charge in [0.2, 0.25) is 0 Å². The summed E-state index contributed by atoms with van der Waals surface area (Å²) in [5.74, 6) is 0. The van der Waals surface area contributed by atoms with Crippen molar-refractivity contribution in [1.29, 1.82) is 0 Å². The first-order valence-corrected chi connectivity index (χ1v) is 13.9. The van der Waals surface area contributed by atoms with Crippen LogP contribution >= 0.6 is 0 Å². The van der Waals surface area contributed by atoms with Gasteiger partial charge in [0.05, 0.1) is 0 Å². The Morgan fingerprint density at radius 1 is 0.947 bits per heavy atom. The molecule has 0 aromatic rings. The molecule has 0 fully saturated rings. The minimum atomic E-state index is -2.79. The van der Waals surface area contributed by atoms with Crippen molar-refractivity contribution in [3.8, 4) is 0 Å². The minimum Gasteiger partial charge on any atom is -0.433 e. The fourth-order valence-corrected chi connectivity index (χ4v) is 11.3. The molecule has 0 saturated carbocycles. The SMILES string of the molecule is C=C[Si](C)(C)O[Si](C)(C)OC(C)[Si](OC)(OC)OC. The predicted octanol–water partition coefficient (Wildman–Crippen LogP) is 2.46. The van der Waals surface area contributed by atoms with Crippen LogP contribution in [-0.4, -0.2) is 52.7 Å². The molecule has 0 spiro atoms. The van der Waals surface area contributed by atoms with Crippen LogP contribution in [0.2, 0.25) is 26.2 Å². The van der Waals surface area contributed by atoms with Gasteiger partial charge >= 0.3 is 17.4 Å². The largest absolute Gasteiger partial charge is 0.529 e. The van der Waals surface area contributed by atoms with Crippen LogP contribution in [-0.2, 0) is 21.8 Å². The Morgan fingerprint density at radius 2 is 1.37 bits per heavy atom. The van der Waals surface area contributed by atoms with Crippen LogP contribution < -0.4 is 0 Å². The van der Waals surface area contributed by atoms with Crippen molar-refractivity contribution >= 4 is 25.7 Å². The Labute approximate surface area is 120 Å². The zero-order valence-corrected chi connectivity index (χ0v) is 16.4. The molecule has 19 heavy (non-hydrogen) atoms. The standard InChI is InChI=1S/C11H28O5Si3/c1-10-17(6,7)16-18(8,9)15-11(2)19(12-3,13-4)14-5/h10-11H,1H2,2-9H3. The summed E-state index contributed by atoms with van der Waals surface area (Å²) in [7, 11) is -2.22. The van der Waals surface area contributed by atoms with Gasteiger partial charge < -0.3 is 21.8 Å². The molecule has 5 nitrogen and oxygen atoms in total. The molecule has 114 valence electrons. The molecule has 0 aromatic heterocycles. The minimum absolute atomic E-state index is 0.274. The highest BCUT2D eigenvalue weighted by Gasteiger charge is 2.49. The van der Waals surface area contributed by atoms with Crippen molar-refractivity contribution < 1.29 is 21.8 Å². The highest BCUT2D eigenvalue weighted by atomic mass is 28.4. The third-order valence-corrected chi connectivity index (χ3v) is 11.8. The van der Waals surface area contributed by atoms with E-state index >= 15 is 0 Å². The van der Waals surface area contributed by atoms with Gasteiger partial charge in [-0.25, -0.2) is 0 Å². The molecule has 1 unspecified atom stereocenters. The van der Waals surface area contributed by atoms with Gasteiger partial charge in [-0.1, -0.05) is 5.70 Å². The van der Waals surface area contributed by atoms with Gasteiger partial charge in [-0.05, 0) is 33.1 Å². The third-order valence-electron chi connectivity index (χ3n) is 2.81. The monoisotopic (exact) mass is 324 g/mol. The first-order chi connectivity index (χ1) is 8.58. The van der Waals surface area contributed by atoms with Crippen molar-refractivity contribution in [2.75, 3.05) is 21.3 Å². The van der Waals surface area contributed by atoms with Crippen LogP contribution in [0.3, 0.4) is 0 Å². The van der Waals surface area contributed by atoms with E-state index in [-0.39, 0.29) is 5.73 Å². The topological polar surface area (TPSA) is 46.2 Å². The number of hydrogen-bond donors (Lipinski definition) is 0. The van der Waals surface area contributed by atoms with Crippen molar-refractivity contribution in [2.24, 2.45) is 0 Å². The highest BCUT2D eigenvalue weighted by Crippen LogP contribution is 2.22. The van der Waals surface area contributed by atoms with Crippen LogP contribution in [0.4, 0.5) is 0 Å². The maximum absolute atomic E-state index is 6.17. The second-order valence-electron chi connectivity index (χ2n) is 5.29. The molecule has 0 rings (SSSR count). The quantitative estimate of drug-likeness (QED) is 0.610. The fourth-order valence-electron chi connectivity index (χ4n) is 1.94. The molecule has 8 heteroatoms. The lowest BCUT2D eigenvalue weighted by atomic mass is 10.9. The zero-order valence-electron chi connectivity index (χ0n) is 13.4. The molecule has 0 aliphatic heterocycles. The average molecular weight is 325 g/mol. The smallest absolute Gasteiger partial charge is 0.433 e. The summed E-state index contributed by atoms with van der Waals surface area (Å²) in [6.45, 7) is 14.0. The maximum atomic E-state index is 6.17. The zero-order chi connectivity index (χ0) is 15.3. The molecule has 1 atom stereocenters. The summed E-state index contributed by atoms with van der Waals surface area (Å²) in [5.41, 5.74) is 1.63. The first-order valence-electron chi connectivity index (χ1n) is 6.25. The second-order valence-corrected chi connectivity index (χ2v) is 16.0. The summed E-state index contributed by atoms with van der Waals surface area (Å²) in [4.78, 5) is 0. The van der Waals surface area contributed by atoms with Crippen LogP contribution in [0.25, 0.3) is 0 Å². The highest BCUT2D eigenvalue weighted by molar-refractivity contribution is 6.85. The van der Waals surface area contributed by atoms with Crippen LogP contribution in [0.1, 0.15) is 6.92 Å². The summed E-state index contributed by atoms with van der Waals surface area (Å²) in [6, 6.07) is 0. The van der Waals surface area contributed by atoms with Crippen molar-refractivity contribution in [3.63, 3.8) is 0 Å². The van der Waals surface area contributed by atoms with E-state index < -0.39 is 25.7 Å². The molecule has 0 N–H and O–H groups in total. The molecule has 0 amide bonds. The molecule has 0 radical (unpaired) electrons. The Hall–Kier alpha value is 0.191. The lowest BCUT2D eigenvalue weighted by Crippen LogP contribution is -2.59. The van der Waals surface area contributed by atoms with Crippen LogP contribution in [0.5, 0.6) is 0 Å². The van der Waals surface area contributed by atoms with Gasteiger partial charge in [0.25, 0.3) is 0 Å². The van der Waals surface area contributed by atoms with Gasteiger partial charge in [-0.3, -0.25) is 0 Å². The van der Waals surface area contributed by atoms with E-state index in [1.807, 2.05) is 25.7 Å². The molecule has 0 aliphatic carbocycles. The Balaban J connectivity index is 4.86. The lowest BCUT2D eigenvalue weighted by molar-refractivity contribution is 0.0636. The Bertz CT molecular complexity index is 284. The average Bonchev–Trinajstić information content (AvgIpc) is 2.30. The van der Waals surface area contributed by atoms with Gasteiger partial charge in [0, 0.05) is 21.3 Å². The van der Waals surface area contributed by atoms with Crippen LogP contribution in [0.15, 0.2) is 12.3 Å². The lowest BCUT2D eigenvalue weighted by Gasteiger charge is -2.37. The van der Waals surface area contributed by atoms with Crippen molar-refractivity contribution in [1.82, 2.24) is 0 Å². The fraction of sp³-hybridized carbons (Fsp3) is 0.818. The maximum Gasteiger partial charge on any atom is 0.529 e. The van der Waals surface area contributed by atoms with Gasteiger partial charge in [-0.15, -0.1) is 6.58 Å². The Morgan fingerprint density at radius 3 is 1.68 bits per heavy atom. The van der Waals surface area contributed by atoms with Crippen molar-refractivity contribution in [3.05, 3.63) is 12.3 Å². The summed E-state index contributed by atoms with van der Waals surface area (Å²) in [5, 5.41) is 0.